The van der Waals surface area contributed by atoms with Crippen LogP contribution in [-0.2, 0) is 9.59 Å². The zero-order valence-corrected chi connectivity index (χ0v) is 11.8. The molecular weight excluding hydrogens is 260 g/mol. The minimum absolute atomic E-state index is 0.0780. The first-order chi connectivity index (χ1) is 9.54. The molecule has 0 aromatic carbocycles. The minimum atomic E-state index is -0.898. The third-order valence-corrected chi connectivity index (χ3v) is 4.40. The second-order valence-corrected chi connectivity index (χ2v) is 6.11. The highest BCUT2D eigenvalue weighted by Crippen LogP contribution is 2.24. The van der Waals surface area contributed by atoms with Gasteiger partial charge in [0, 0.05) is 19.1 Å². The number of aliphatic carboxylic acids is 2. The molecule has 6 nitrogen and oxygen atoms in total. The van der Waals surface area contributed by atoms with E-state index < -0.39 is 17.9 Å². The van der Waals surface area contributed by atoms with E-state index in [0.717, 1.165) is 6.54 Å². The van der Waals surface area contributed by atoms with E-state index in [1.54, 1.807) is 4.90 Å². The summed E-state index contributed by atoms with van der Waals surface area (Å²) in [5, 5.41) is 21.5. The first-order valence-corrected chi connectivity index (χ1v) is 7.45. The first kappa shape index (κ1) is 15.3. The van der Waals surface area contributed by atoms with Crippen molar-refractivity contribution in [1.29, 1.82) is 0 Å². The number of carbonyl (C=O) groups is 2. The number of carboxylic acids is 2. The molecule has 2 aliphatic rings. The van der Waals surface area contributed by atoms with E-state index in [0.29, 0.717) is 25.4 Å². The fourth-order valence-electron chi connectivity index (χ4n) is 3.39. The first-order valence-electron chi connectivity index (χ1n) is 7.45. The molecule has 114 valence electrons. The number of nitrogens with one attached hydrogen (secondary N) is 1. The fraction of sp³-hybridized carbons (Fsp3) is 0.857. The molecule has 2 unspecified atom stereocenters. The molecule has 0 radical (unpaired) electrons. The Bertz CT molecular complexity index is 355. The van der Waals surface area contributed by atoms with Gasteiger partial charge in [0.1, 0.15) is 0 Å². The van der Waals surface area contributed by atoms with Gasteiger partial charge in [0.25, 0.3) is 0 Å². The Morgan fingerprint density at radius 2 is 1.85 bits per heavy atom. The molecule has 1 heterocycles. The lowest BCUT2D eigenvalue weighted by molar-refractivity contribution is -0.146. The van der Waals surface area contributed by atoms with E-state index >= 15 is 0 Å². The SMILES string of the molecule is O=C(O)CN1CC(NCC2CCCC2)CC(C(=O)O)C1. The van der Waals surface area contributed by atoms with Crippen molar-refractivity contribution in [2.75, 3.05) is 26.2 Å². The Morgan fingerprint density at radius 3 is 2.45 bits per heavy atom. The zero-order chi connectivity index (χ0) is 14.5. The third kappa shape index (κ3) is 4.45. The number of carboxylic acid groups (broad SMARTS) is 2. The van der Waals surface area contributed by atoms with Crippen LogP contribution in [0.1, 0.15) is 32.1 Å². The summed E-state index contributed by atoms with van der Waals surface area (Å²) in [6.45, 7) is 1.81. The van der Waals surface area contributed by atoms with E-state index in [9.17, 15) is 14.7 Å². The second-order valence-electron chi connectivity index (χ2n) is 6.11. The third-order valence-electron chi connectivity index (χ3n) is 4.40. The molecule has 0 aromatic heterocycles. The molecule has 0 amide bonds. The average Bonchev–Trinajstić information content (AvgIpc) is 2.88. The molecule has 2 rings (SSSR count). The van der Waals surface area contributed by atoms with Gasteiger partial charge in [-0.25, -0.2) is 0 Å². The predicted molar refractivity (Wildman–Crippen MR) is 73.6 cm³/mol. The zero-order valence-electron chi connectivity index (χ0n) is 11.8. The van der Waals surface area contributed by atoms with Gasteiger partial charge in [-0.15, -0.1) is 0 Å². The van der Waals surface area contributed by atoms with Crippen molar-refractivity contribution >= 4 is 11.9 Å². The van der Waals surface area contributed by atoms with E-state index in [2.05, 4.69) is 5.32 Å². The van der Waals surface area contributed by atoms with Gasteiger partial charge >= 0.3 is 11.9 Å². The number of hydrogen-bond donors (Lipinski definition) is 3. The van der Waals surface area contributed by atoms with Crippen LogP contribution in [0.5, 0.6) is 0 Å². The molecule has 0 bridgehead atoms. The number of nitrogens with zero attached hydrogens (tertiary/aromatic N) is 1. The van der Waals surface area contributed by atoms with Gasteiger partial charge in [-0.1, -0.05) is 12.8 Å². The maximum absolute atomic E-state index is 11.2. The maximum atomic E-state index is 11.2. The Labute approximate surface area is 119 Å². The van der Waals surface area contributed by atoms with Crippen LogP contribution in [0.25, 0.3) is 0 Å². The van der Waals surface area contributed by atoms with Crippen molar-refractivity contribution in [1.82, 2.24) is 10.2 Å². The van der Waals surface area contributed by atoms with Crippen LogP contribution in [0, 0.1) is 11.8 Å². The smallest absolute Gasteiger partial charge is 0.317 e. The standard InChI is InChI=1S/C14H24N2O4/c17-13(18)9-16-7-11(14(19)20)5-12(8-16)15-6-10-3-1-2-4-10/h10-12,15H,1-9H2,(H,17,18)(H,19,20). The summed E-state index contributed by atoms with van der Waals surface area (Å²) in [5.74, 6) is -1.49. The van der Waals surface area contributed by atoms with E-state index in [4.69, 9.17) is 5.11 Å². The van der Waals surface area contributed by atoms with Crippen LogP contribution < -0.4 is 5.32 Å². The Morgan fingerprint density at radius 1 is 1.15 bits per heavy atom. The van der Waals surface area contributed by atoms with Crippen molar-refractivity contribution < 1.29 is 19.8 Å². The summed E-state index contributed by atoms with van der Waals surface area (Å²) in [7, 11) is 0. The number of likely N-dealkylation sites (tertiary alicyclic amines) is 1. The highest BCUT2D eigenvalue weighted by atomic mass is 16.4. The molecule has 1 saturated heterocycles. The highest BCUT2D eigenvalue weighted by molar-refractivity contribution is 5.71. The summed E-state index contributed by atoms with van der Waals surface area (Å²) in [5.41, 5.74) is 0. The molecule has 1 aliphatic heterocycles. The fourth-order valence-corrected chi connectivity index (χ4v) is 3.39. The molecule has 6 heteroatoms. The van der Waals surface area contributed by atoms with Crippen molar-refractivity contribution in [2.24, 2.45) is 11.8 Å². The molecule has 20 heavy (non-hydrogen) atoms. The molecule has 1 saturated carbocycles. The van der Waals surface area contributed by atoms with Gasteiger partial charge in [-0.2, -0.15) is 0 Å². The molecule has 0 aromatic rings. The van der Waals surface area contributed by atoms with Gasteiger partial charge < -0.3 is 15.5 Å². The lowest BCUT2D eigenvalue weighted by Crippen LogP contribution is -2.52. The number of hydrogen-bond acceptors (Lipinski definition) is 4. The monoisotopic (exact) mass is 284 g/mol. The molecule has 0 spiro atoms. The lowest BCUT2D eigenvalue weighted by Gasteiger charge is -2.36. The van der Waals surface area contributed by atoms with Crippen molar-refractivity contribution in [3.63, 3.8) is 0 Å². The summed E-state index contributed by atoms with van der Waals surface area (Å²) in [6.07, 6.45) is 5.68. The maximum Gasteiger partial charge on any atom is 0.317 e. The normalized spacial score (nSPS) is 28.6. The molecule has 3 N–H and O–H groups in total. The predicted octanol–water partition coefficient (Wildman–Crippen LogP) is 0.626. The molecule has 1 aliphatic carbocycles. The Balaban J connectivity index is 1.85. The van der Waals surface area contributed by atoms with Gasteiger partial charge in [0.05, 0.1) is 12.5 Å². The quantitative estimate of drug-likeness (QED) is 0.663. The van der Waals surface area contributed by atoms with E-state index in [1.165, 1.54) is 25.7 Å². The second kappa shape index (κ2) is 7.04. The van der Waals surface area contributed by atoms with Gasteiger partial charge in [0.15, 0.2) is 0 Å². The molecular formula is C14H24N2O4. The molecule has 2 fully saturated rings. The van der Waals surface area contributed by atoms with Gasteiger partial charge in [0.2, 0.25) is 0 Å². The summed E-state index contributed by atoms with van der Waals surface area (Å²) >= 11 is 0. The van der Waals surface area contributed by atoms with Crippen molar-refractivity contribution in [3.8, 4) is 0 Å². The average molecular weight is 284 g/mol. The minimum Gasteiger partial charge on any atom is -0.481 e. The van der Waals surface area contributed by atoms with Gasteiger partial charge in [-0.3, -0.25) is 14.5 Å². The molecule has 2 atom stereocenters. The van der Waals surface area contributed by atoms with E-state index in [1.807, 2.05) is 0 Å². The van der Waals surface area contributed by atoms with Crippen molar-refractivity contribution in [3.05, 3.63) is 0 Å². The van der Waals surface area contributed by atoms with Crippen LogP contribution in [0.4, 0.5) is 0 Å². The van der Waals surface area contributed by atoms with Crippen molar-refractivity contribution in [2.45, 2.75) is 38.1 Å². The topological polar surface area (TPSA) is 89.9 Å². The summed E-state index contributed by atoms with van der Waals surface area (Å²) < 4.78 is 0. The number of piperidine rings is 1. The van der Waals surface area contributed by atoms with Crippen LogP contribution in [0.2, 0.25) is 0 Å². The lowest BCUT2D eigenvalue weighted by atomic mass is 9.93. The van der Waals surface area contributed by atoms with Crippen LogP contribution >= 0.6 is 0 Å². The Hall–Kier alpha value is -1.14. The van der Waals surface area contributed by atoms with Crippen LogP contribution in [-0.4, -0.2) is 59.3 Å². The Kier molecular flexibility index (Phi) is 5.37. The van der Waals surface area contributed by atoms with Gasteiger partial charge in [-0.05, 0) is 31.7 Å². The van der Waals surface area contributed by atoms with Crippen LogP contribution in [0.15, 0.2) is 0 Å². The largest absolute Gasteiger partial charge is 0.481 e. The highest BCUT2D eigenvalue weighted by Gasteiger charge is 2.32. The number of rotatable bonds is 6. The van der Waals surface area contributed by atoms with E-state index in [-0.39, 0.29) is 12.6 Å². The summed E-state index contributed by atoms with van der Waals surface area (Å²) in [6, 6.07) is 0.0878. The summed E-state index contributed by atoms with van der Waals surface area (Å²) in [4.78, 5) is 23.7. The van der Waals surface area contributed by atoms with Crippen LogP contribution in [0.3, 0.4) is 0 Å².